The van der Waals surface area contributed by atoms with E-state index in [0.717, 1.165) is 6.20 Å². The molecule has 7 nitrogen and oxygen atoms in total. The Morgan fingerprint density at radius 1 is 1.55 bits per heavy atom. The maximum absolute atomic E-state index is 11.6. The minimum Gasteiger partial charge on any atom is -0.488 e. The molecule has 0 unspecified atom stereocenters. The van der Waals surface area contributed by atoms with Crippen molar-refractivity contribution in [3.63, 3.8) is 0 Å². The van der Waals surface area contributed by atoms with Gasteiger partial charge in [0.05, 0.1) is 5.56 Å². The molecule has 0 saturated heterocycles. The predicted molar refractivity (Wildman–Crippen MR) is 77.7 cm³/mol. The molecule has 0 fully saturated rings. The topological polar surface area (TPSA) is 116 Å². The quantitative estimate of drug-likeness (QED) is 0.809. The molecule has 0 bridgehead atoms. The lowest BCUT2D eigenvalue weighted by Gasteiger charge is -2.07. The number of carboxylic acids is 1. The Morgan fingerprint density at radius 3 is 2.91 bits per heavy atom. The van der Waals surface area contributed by atoms with Crippen LogP contribution in [0.5, 0.6) is 5.75 Å². The van der Waals surface area contributed by atoms with Gasteiger partial charge in [-0.15, -0.1) is 0 Å². The first-order valence-corrected chi connectivity index (χ1v) is 6.17. The Morgan fingerprint density at radius 2 is 2.32 bits per heavy atom. The van der Waals surface area contributed by atoms with Crippen molar-refractivity contribution >= 4 is 5.97 Å². The number of nitrogens with zero attached hydrogens (tertiary/aromatic N) is 2. The van der Waals surface area contributed by atoms with Crippen LogP contribution in [0.2, 0.25) is 0 Å². The second-order valence-corrected chi connectivity index (χ2v) is 4.20. The average Bonchev–Trinajstić information content (AvgIpc) is 2.52. The van der Waals surface area contributed by atoms with Gasteiger partial charge >= 0.3 is 5.97 Å². The molecule has 110 valence electrons. The van der Waals surface area contributed by atoms with Crippen molar-refractivity contribution in [2.45, 2.75) is 0 Å². The third-order valence-electron chi connectivity index (χ3n) is 2.76. The number of carboxylic acid groups (broad SMARTS) is 1. The molecule has 0 atom stereocenters. The summed E-state index contributed by atoms with van der Waals surface area (Å²) in [6.07, 6.45) is 2.53. The molecule has 1 heterocycles. The number of rotatable bonds is 5. The maximum atomic E-state index is 11.6. The Balaban J connectivity index is 2.43. The third kappa shape index (κ3) is 3.02. The van der Waals surface area contributed by atoms with Crippen LogP contribution < -0.4 is 10.3 Å². The summed E-state index contributed by atoms with van der Waals surface area (Å²) in [6, 6.07) is 6.66. The number of carbonyl (C=O) groups is 1. The number of nitrogens with one attached hydrogen (secondary N) is 1. The van der Waals surface area contributed by atoms with Crippen LogP contribution in [0, 0.1) is 11.3 Å². The molecule has 0 aliphatic carbocycles. The van der Waals surface area contributed by atoms with E-state index in [0.29, 0.717) is 11.3 Å². The van der Waals surface area contributed by atoms with Crippen molar-refractivity contribution in [3.8, 4) is 23.2 Å². The van der Waals surface area contributed by atoms with Gasteiger partial charge in [-0.05, 0) is 18.2 Å². The first-order valence-electron chi connectivity index (χ1n) is 6.17. The van der Waals surface area contributed by atoms with Crippen molar-refractivity contribution in [1.29, 1.82) is 5.26 Å². The van der Waals surface area contributed by atoms with Crippen LogP contribution in [0.3, 0.4) is 0 Å². The zero-order valence-corrected chi connectivity index (χ0v) is 11.4. The Bertz CT molecular complexity index is 833. The largest absolute Gasteiger partial charge is 0.488 e. The van der Waals surface area contributed by atoms with Crippen molar-refractivity contribution in [2.75, 3.05) is 6.61 Å². The van der Waals surface area contributed by atoms with E-state index in [4.69, 9.17) is 15.1 Å². The van der Waals surface area contributed by atoms with Crippen LogP contribution in [0.25, 0.3) is 11.4 Å². The van der Waals surface area contributed by atoms with Gasteiger partial charge in [0, 0.05) is 11.8 Å². The Kier molecular flexibility index (Phi) is 4.34. The molecular weight excluding hydrogens is 286 g/mol. The highest BCUT2D eigenvalue weighted by Crippen LogP contribution is 2.23. The van der Waals surface area contributed by atoms with Crippen molar-refractivity contribution in [2.24, 2.45) is 0 Å². The standard InChI is InChI=1S/C15H11N3O4/c1-2-5-22-12-4-3-9(6-10(12)7-16)13-17-8-11(15(20)21)14(19)18-13/h2-4,6,8H,1,5H2,(H,20,21)(H,17,18,19). The smallest absolute Gasteiger partial charge is 0.342 e. The monoisotopic (exact) mass is 297 g/mol. The van der Waals surface area contributed by atoms with Crippen LogP contribution in [0.1, 0.15) is 15.9 Å². The lowest BCUT2D eigenvalue weighted by molar-refractivity contribution is 0.0694. The van der Waals surface area contributed by atoms with Crippen molar-refractivity contribution in [3.05, 3.63) is 58.5 Å². The van der Waals surface area contributed by atoms with Crippen LogP contribution in [0.15, 0.2) is 41.8 Å². The highest BCUT2D eigenvalue weighted by atomic mass is 16.5. The number of H-pyrrole nitrogens is 1. The fourth-order valence-corrected chi connectivity index (χ4v) is 1.73. The summed E-state index contributed by atoms with van der Waals surface area (Å²) in [7, 11) is 0. The van der Waals surface area contributed by atoms with Gasteiger partial charge in [0.1, 0.15) is 29.8 Å². The average molecular weight is 297 g/mol. The van der Waals surface area contributed by atoms with Gasteiger partial charge in [-0.3, -0.25) is 4.79 Å². The first kappa shape index (κ1) is 15.0. The van der Waals surface area contributed by atoms with Gasteiger partial charge in [-0.2, -0.15) is 5.26 Å². The SMILES string of the molecule is C=CCOc1ccc(-c2ncc(C(=O)O)c(=O)[nH]2)cc1C#N. The van der Waals surface area contributed by atoms with Gasteiger partial charge in [-0.1, -0.05) is 12.7 Å². The predicted octanol–water partition coefficient (Wildman–Crippen LogP) is 1.57. The van der Waals surface area contributed by atoms with E-state index in [9.17, 15) is 9.59 Å². The number of aromatic amines is 1. The second kappa shape index (κ2) is 6.37. The van der Waals surface area contributed by atoms with Gasteiger partial charge in [0.15, 0.2) is 0 Å². The number of hydrogen-bond acceptors (Lipinski definition) is 5. The normalized spacial score (nSPS) is 9.77. The molecule has 0 amide bonds. The number of benzene rings is 1. The van der Waals surface area contributed by atoms with Crippen molar-refractivity contribution in [1.82, 2.24) is 9.97 Å². The first-order chi connectivity index (χ1) is 10.6. The Labute approximate surface area is 125 Å². The molecule has 2 N–H and O–H groups in total. The molecule has 7 heteroatoms. The van der Waals surface area contributed by atoms with E-state index in [-0.39, 0.29) is 18.0 Å². The van der Waals surface area contributed by atoms with E-state index in [1.807, 2.05) is 6.07 Å². The fraction of sp³-hybridized carbons (Fsp3) is 0.0667. The lowest BCUT2D eigenvalue weighted by Crippen LogP contribution is -2.18. The lowest BCUT2D eigenvalue weighted by atomic mass is 10.1. The number of nitriles is 1. The second-order valence-electron chi connectivity index (χ2n) is 4.20. The fourth-order valence-electron chi connectivity index (χ4n) is 1.73. The maximum Gasteiger partial charge on any atom is 0.342 e. The molecular formula is C15H11N3O4. The summed E-state index contributed by atoms with van der Waals surface area (Å²) < 4.78 is 5.33. The Hall–Kier alpha value is -3.40. The number of hydrogen-bond donors (Lipinski definition) is 2. The summed E-state index contributed by atoms with van der Waals surface area (Å²) in [6.45, 7) is 3.78. The molecule has 0 aliphatic rings. The van der Waals surface area contributed by atoms with Crippen LogP contribution in [0.4, 0.5) is 0 Å². The van der Waals surface area contributed by atoms with E-state index in [1.54, 1.807) is 18.2 Å². The van der Waals surface area contributed by atoms with E-state index in [1.165, 1.54) is 6.07 Å². The number of aromatic nitrogens is 2. The molecule has 2 aromatic rings. The van der Waals surface area contributed by atoms with Gasteiger partial charge < -0.3 is 14.8 Å². The highest BCUT2D eigenvalue weighted by Gasteiger charge is 2.12. The summed E-state index contributed by atoms with van der Waals surface area (Å²) in [5.74, 6) is -0.802. The minimum atomic E-state index is -1.36. The summed E-state index contributed by atoms with van der Waals surface area (Å²) in [5, 5.41) is 17.9. The van der Waals surface area contributed by atoms with Gasteiger partial charge in [0.25, 0.3) is 5.56 Å². The molecule has 22 heavy (non-hydrogen) atoms. The molecule has 0 radical (unpaired) electrons. The summed E-state index contributed by atoms with van der Waals surface area (Å²) in [5.41, 5.74) is -0.473. The molecule has 0 spiro atoms. The van der Waals surface area contributed by atoms with Crippen LogP contribution in [-0.2, 0) is 0 Å². The minimum absolute atomic E-state index is 0.168. The zero-order chi connectivity index (χ0) is 16.1. The van der Waals surface area contributed by atoms with Gasteiger partial charge in [-0.25, -0.2) is 9.78 Å². The van der Waals surface area contributed by atoms with Crippen molar-refractivity contribution < 1.29 is 14.6 Å². The van der Waals surface area contributed by atoms with E-state index in [2.05, 4.69) is 16.5 Å². The van der Waals surface area contributed by atoms with Crippen LogP contribution >= 0.6 is 0 Å². The van der Waals surface area contributed by atoms with E-state index >= 15 is 0 Å². The third-order valence-corrected chi connectivity index (χ3v) is 2.76. The van der Waals surface area contributed by atoms with Crippen LogP contribution in [-0.4, -0.2) is 27.7 Å². The summed E-state index contributed by atoms with van der Waals surface area (Å²) >= 11 is 0. The molecule has 1 aromatic heterocycles. The summed E-state index contributed by atoms with van der Waals surface area (Å²) in [4.78, 5) is 28.7. The number of aromatic carboxylic acids is 1. The van der Waals surface area contributed by atoms with E-state index < -0.39 is 17.1 Å². The highest BCUT2D eigenvalue weighted by molar-refractivity contribution is 5.86. The molecule has 1 aromatic carbocycles. The molecule has 2 rings (SSSR count). The zero-order valence-electron chi connectivity index (χ0n) is 11.4. The van der Waals surface area contributed by atoms with Gasteiger partial charge in [0.2, 0.25) is 0 Å². The number of ether oxygens (including phenoxy) is 1. The molecule has 0 aliphatic heterocycles. The molecule has 0 saturated carbocycles.